The van der Waals surface area contributed by atoms with Crippen LogP contribution in [0.2, 0.25) is 0 Å². The second kappa shape index (κ2) is 13.7. The fourth-order valence-electron chi connectivity index (χ4n) is 5.33. The van der Waals surface area contributed by atoms with E-state index in [4.69, 9.17) is 9.47 Å². The summed E-state index contributed by atoms with van der Waals surface area (Å²) in [6.07, 6.45) is 4.28. The molecule has 1 amide bonds. The number of aromatic nitrogens is 3. The third-order valence-electron chi connectivity index (χ3n) is 7.75. The summed E-state index contributed by atoms with van der Waals surface area (Å²) in [6, 6.07) is 18.9. The van der Waals surface area contributed by atoms with E-state index in [2.05, 4.69) is 15.3 Å². The van der Waals surface area contributed by atoms with Crippen LogP contribution < -0.4 is 20.3 Å². The lowest BCUT2D eigenvalue weighted by atomic mass is 10.1. The van der Waals surface area contributed by atoms with Crippen LogP contribution in [0, 0.1) is 11.6 Å². The van der Waals surface area contributed by atoms with Crippen molar-refractivity contribution in [2.45, 2.75) is 25.2 Å². The Morgan fingerprint density at radius 1 is 0.959 bits per heavy atom. The quantitative estimate of drug-likeness (QED) is 0.153. The van der Waals surface area contributed by atoms with Crippen molar-refractivity contribution in [1.29, 1.82) is 0 Å². The van der Waals surface area contributed by atoms with Crippen molar-refractivity contribution in [3.05, 3.63) is 125 Å². The number of anilines is 1. The van der Waals surface area contributed by atoms with Gasteiger partial charge < -0.3 is 19.8 Å². The summed E-state index contributed by atoms with van der Waals surface area (Å²) in [5, 5.41) is 3.13. The number of amides is 1. The smallest absolute Gasteiger partial charge is 0.262 e. The molecule has 0 aliphatic rings. The predicted molar refractivity (Wildman–Crippen MR) is 181 cm³/mol. The monoisotopic (exact) mass is 684 g/mol. The van der Waals surface area contributed by atoms with Gasteiger partial charge >= 0.3 is 0 Å². The zero-order valence-corrected chi connectivity index (χ0v) is 27.2. The number of nitrogens with zero attached hydrogens (tertiary/aromatic N) is 2. The summed E-state index contributed by atoms with van der Waals surface area (Å²) in [5.74, 6) is -1.51. The molecule has 3 aromatic carbocycles. The SMILES string of the molecule is CCOc1ccn(-c2ccc(F)cc2)c(=O)c1CC(=O)Nc1ccc(Oc2ccnc3[nH]cc(-c4cccc(S(=O)(=O)CC)c4)c23)c(F)c1. The van der Waals surface area contributed by atoms with Crippen LogP contribution in [0.25, 0.3) is 27.8 Å². The van der Waals surface area contributed by atoms with Gasteiger partial charge in [0.05, 0.1) is 34.6 Å². The summed E-state index contributed by atoms with van der Waals surface area (Å²) in [6.45, 7) is 3.57. The van der Waals surface area contributed by atoms with Crippen molar-refractivity contribution < 1.29 is 31.5 Å². The molecule has 0 radical (unpaired) electrons. The number of carbonyl (C=O) groups excluding carboxylic acids is 1. The fourth-order valence-corrected chi connectivity index (χ4v) is 6.25. The molecule has 6 rings (SSSR count). The number of nitrogens with one attached hydrogen (secondary N) is 2. The molecule has 13 heteroatoms. The highest BCUT2D eigenvalue weighted by Gasteiger charge is 2.20. The number of hydrogen-bond acceptors (Lipinski definition) is 7. The van der Waals surface area contributed by atoms with Crippen LogP contribution in [0.5, 0.6) is 17.2 Å². The molecule has 0 aliphatic heterocycles. The van der Waals surface area contributed by atoms with E-state index in [-0.39, 0.29) is 52.2 Å². The van der Waals surface area contributed by atoms with Crippen molar-refractivity contribution in [3.63, 3.8) is 0 Å². The van der Waals surface area contributed by atoms with Gasteiger partial charge in [-0.1, -0.05) is 19.1 Å². The molecule has 49 heavy (non-hydrogen) atoms. The molecule has 6 aromatic rings. The Morgan fingerprint density at radius 2 is 1.76 bits per heavy atom. The third-order valence-corrected chi connectivity index (χ3v) is 9.48. The number of aromatic amines is 1. The Balaban J connectivity index is 1.24. The van der Waals surface area contributed by atoms with Crippen molar-refractivity contribution in [1.82, 2.24) is 14.5 Å². The highest BCUT2D eigenvalue weighted by Crippen LogP contribution is 2.38. The number of sulfone groups is 1. The maximum atomic E-state index is 15.4. The number of rotatable bonds is 11. The fraction of sp³-hybridized carbons (Fsp3) is 0.139. The van der Waals surface area contributed by atoms with E-state index in [1.165, 1.54) is 59.4 Å². The molecule has 0 saturated carbocycles. The Bertz CT molecular complexity index is 2350. The van der Waals surface area contributed by atoms with Crippen LogP contribution in [-0.4, -0.2) is 41.2 Å². The number of carbonyl (C=O) groups is 1. The number of H-pyrrole nitrogens is 1. The van der Waals surface area contributed by atoms with Crippen LogP contribution in [-0.2, 0) is 21.1 Å². The first kappa shape index (κ1) is 33.1. The minimum Gasteiger partial charge on any atom is -0.493 e. The van der Waals surface area contributed by atoms with Gasteiger partial charge in [0.15, 0.2) is 21.4 Å². The van der Waals surface area contributed by atoms with E-state index in [9.17, 15) is 22.4 Å². The lowest BCUT2D eigenvalue weighted by molar-refractivity contribution is -0.115. The van der Waals surface area contributed by atoms with Gasteiger partial charge in [0.1, 0.15) is 23.0 Å². The molecule has 3 aromatic heterocycles. The highest BCUT2D eigenvalue weighted by atomic mass is 32.2. The number of pyridine rings is 2. The molecular weight excluding hydrogens is 654 g/mol. The zero-order chi connectivity index (χ0) is 34.7. The predicted octanol–water partition coefficient (Wildman–Crippen LogP) is 6.82. The van der Waals surface area contributed by atoms with Crippen LogP contribution in [0.3, 0.4) is 0 Å². The second-order valence-corrected chi connectivity index (χ2v) is 13.2. The van der Waals surface area contributed by atoms with E-state index in [1.807, 2.05) is 0 Å². The van der Waals surface area contributed by atoms with E-state index in [0.29, 0.717) is 27.8 Å². The van der Waals surface area contributed by atoms with E-state index < -0.39 is 32.9 Å². The molecule has 0 aliphatic carbocycles. The normalized spacial score (nSPS) is 11.4. The first-order chi connectivity index (χ1) is 23.6. The first-order valence-corrected chi connectivity index (χ1v) is 16.9. The van der Waals surface area contributed by atoms with Gasteiger partial charge in [-0.3, -0.25) is 14.2 Å². The Kier molecular flexibility index (Phi) is 9.27. The number of fused-ring (bicyclic) bond motifs is 1. The highest BCUT2D eigenvalue weighted by molar-refractivity contribution is 7.91. The van der Waals surface area contributed by atoms with Crippen LogP contribution >= 0.6 is 0 Å². The average Bonchev–Trinajstić information content (AvgIpc) is 3.54. The van der Waals surface area contributed by atoms with Crippen molar-refractivity contribution in [3.8, 4) is 34.1 Å². The maximum Gasteiger partial charge on any atom is 0.262 e. The maximum absolute atomic E-state index is 15.4. The van der Waals surface area contributed by atoms with Crippen LogP contribution in [0.15, 0.2) is 107 Å². The number of halogens is 2. The molecule has 0 saturated heterocycles. The standard InChI is InChI=1S/C36H30F2N4O6S/c1-3-47-30-15-17-42(25-11-8-23(37)9-12-25)36(44)27(30)20-33(43)41-24-10-13-31(29(38)19-24)48-32-14-16-39-35-34(32)28(21-40-35)22-6-5-7-26(18-22)49(45,46)4-2/h5-19,21H,3-4,20H2,1-2H3,(H,39,40)(H,41,43). The number of benzene rings is 3. The molecule has 250 valence electrons. The summed E-state index contributed by atoms with van der Waals surface area (Å²) >= 11 is 0. The van der Waals surface area contributed by atoms with Crippen LogP contribution in [0.1, 0.15) is 19.4 Å². The summed E-state index contributed by atoms with van der Waals surface area (Å²) < 4.78 is 66.8. The number of ether oxygens (including phenoxy) is 2. The molecule has 0 fully saturated rings. The van der Waals surface area contributed by atoms with Gasteiger partial charge in [-0.05, 0) is 73.2 Å². The zero-order valence-electron chi connectivity index (χ0n) is 26.4. The molecule has 0 atom stereocenters. The minimum atomic E-state index is -3.45. The third kappa shape index (κ3) is 6.92. The van der Waals surface area contributed by atoms with Gasteiger partial charge in [0.2, 0.25) is 5.91 Å². The van der Waals surface area contributed by atoms with Gasteiger partial charge in [-0.2, -0.15) is 0 Å². The molecule has 10 nitrogen and oxygen atoms in total. The van der Waals surface area contributed by atoms with Crippen molar-refractivity contribution in [2.75, 3.05) is 17.7 Å². The Labute approximate surface area is 279 Å². The van der Waals surface area contributed by atoms with Crippen molar-refractivity contribution in [2.24, 2.45) is 0 Å². The Morgan fingerprint density at radius 3 is 2.49 bits per heavy atom. The van der Waals surface area contributed by atoms with Crippen LogP contribution in [0.4, 0.5) is 14.5 Å². The largest absolute Gasteiger partial charge is 0.493 e. The molecule has 2 N–H and O–H groups in total. The van der Waals surface area contributed by atoms with Gasteiger partial charge in [-0.25, -0.2) is 22.2 Å². The summed E-state index contributed by atoms with van der Waals surface area (Å²) in [5.41, 5.74) is 1.76. The van der Waals surface area contributed by atoms with Gasteiger partial charge in [0.25, 0.3) is 5.56 Å². The van der Waals surface area contributed by atoms with E-state index in [0.717, 1.165) is 6.07 Å². The molecule has 0 spiro atoms. The second-order valence-electron chi connectivity index (χ2n) is 10.9. The number of hydrogen-bond donors (Lipinski definition) is 2. The molecule has 0 bridgehead atoms. The topological polar surface area (TPSA) is 132 Å². The van der Waals surface area contributed by atoms with Gasteiger partial charge in [0, 0.05) is 41.6 Å². The minimum absolute atomic E-state index is 0.0479. The molecule has 0 unspecified atom stereocenters. The summed E-state index contributed by atoms with van der Waals surface area (Å²) in [7, 11) is -3.45. The summed E-state index contributed by atoms with van der Waals surface area (Å²) in [4.78, 5) is 34.0. The van der Waals surface area contributed by atoms with Gasteiger partial charge in [-0.15, -0.1) is 0 Å². The lowest BCUT2D eigenvalue weighted by Crippen LogP contribution is -2.26. The molecular formula is C36H30F2N4O6S. The first-order valence-electron chi connectivity index (χ1n) is 15.3. The average molecular weight is 685 g/mol. The van der Waals surface area contributed by atoms with E-state index in [1.54, 1.807) is 50.4 Å². The Hall–Kier alpha value is -5.82. The lowest BCUT2D eigenvalue weighted by Gasteiger charge is -2.14. The van der Waals surface area contributed by atoms with E-state index >= 15 is 4.39 Å². The molecule has 3 heterocycles. The van der Waals surface area contributed by atoms with Crippen molar-refractivity contribution >= 4 is 32.5 Å².